The van der Waals surface area contributed by atoms with Gasteiger partial charge in [0.2, 0.25) is 0 Å². The van der Waals surface area contributed by atoms with E-state index in [1.807, 2.05) is 32.8 Å². The molecule has 1 N–H and O–H groups in total. The molecule has 3 heterocycles. The van der Waals surface area contributed by atoms with E-state index in [1.54, 1.807) is 21.0 Å². The summed E-state index contributed by atoms with van der Waals surface area (Å²) in [5.74, 6) is -0.376. The van der Waals surface area contributed by atoms with Crippen LogP contribution in [0.25, 0.3) is 0 Å². The number of piperidine rings is 1. The number of carbonyl (C=O) groups excluding carboxylic acids is 2. The van der Waals surface area contributed by atoms with Gasteiger partial charge >= 0.3 is 5.97 Å². The highest BCUT2D eigenvalue weighted by atomic mass is 16.7. The van der Waals surface area contributed by atoms with Gasteiger partial charge in [-0.1, -0.05) is 6.92 Å². The number of ketones is 1. The predicted molar refractivity (Wildman–Crippen MR) is 158 cm³/mol. The molecule has 3 saturated heterocycles. The second-order valence-electron chi connectivity index (χ2n) is 13.5. The Labute approximate surface area is 248 Å². The van der Waals surface area contributed by atoms with Crippen LogP contribution in [-0.4, -0.2) is 135 Å². The Balaban J connectivity index is 1.87. The number of esters is 1. The monoisotopic (exact) mass is 583 g/mol. The first-order chi connectivity index (χ1) is 19.2. The van der Waals surface area contributed by atoms with Crippen LogP contribution < -0.4 is 0 Å². The van der Waals surface area contributed by atoms with E-state index in [1.165, 1.54) is 0 Å². The summed E-state index contributed by atoms with van der Waals surface area (Å²) in [5, 5.41) is 11.2. The molecule has 0 amide bonds. The maximum Gasteiger partial charge on any atom is 0.319 e. The third-order valence-electron chi connectivity index (χ3n) is 10.1. The van der Waals surface area contributed by atoms with Gasteiger partial charge in [0.05, 0.1) is 17.8 Å². The van der Waals surface area contributed by atoms with E-state index < -0.39 is 35.5 Å². The molecule has 3 rings (SSSR count). The van der Waals surface area contributed by atoms with Gasteiger partial charge in [-0.15, -0.1) is 0 Å². The Morgan fingerprint density at radius 3 is 2.37 bits per heavy atom. The Kier molecular flexibility index (Phi) is 12.2. The molecule has 3 aliphatic heterocycles. The molecule has 0 aromatic carbocycles. The lowest BCUT2D eigenvalue weighted by Crippen LogP contribution is -2.57. The zero-order valence-corrected chi connectivity index (χ0v) is 27.1. The van der Waals surface area contributed by atoms with Crippen LogP contribution in [0.1, 0.15) is 73.1 Å². The molecule has 41 heavy (non-hydrogen) atoms. The predicted octanol–water partition coefficient (Wildman–Crippen LogP) is 2.56. The Hall–Kier alpha value is -1.14. The van der Waals surface area contributed by atoms with Crippen molar-refractivity contribution in [3.05, 3.63) is 0 Å². The number of aliphatic hydroxyl groups excluding tert-OH is 1. The van der Waals surface area contributed by atoms with Crippen LogP contribution in [0.15, 0.2) is 0 Å². The van der Waals surface area contributed by atoms with Crippen molar-refractivity contribution in [2.24, 2.45) is 11.3 Å². The first-order valence-electron chi connectivity index (χ1n) is 15.6. The van der Waals surface area contributed by atoms with Crippen molar-refractivity contribution in [3.8, 4) is 0 Å². The fourth-order valence-corrected chi connectivity index (χ4v) is 6.62. The van der Waals surface area contributed by atoms with Crippen LogP contribution in [-0.2, 0) is 28.5 Å². The molecule has 3 fully saturated rings. The molecule has 10 nitrogen and oxygen atoms in total. The summed E-state index contributed by atoms with van der Waals surface area (Å²) < 4.78 is 24.5. The van der Waals surface area contributed by atoms with Gasteiger partial charge in [-0.2, -0.15) is 0 Å². The average Bonchev–Trinajstić information content (AvgIpc) is 2.93. The molecule has 7 atom stereocenters. The number of hydrogen-bond acceptors (Lipinski definition) is 10. The second kappa shape index (κ2) is 14.6. The average molecular weight is 584 g/mol. The molecule has 0 aromatic heterocycles. The van der Waals surface area contributed by atoms with E-state index in [2.05, 4.69) is 23.8 Å². The highest BCUT2D eigenvalue weighted by Gasteiger charge is 2.47. The number of carbonyl (C=O) groups is 2. The standard InChI is InChI=1S/C31H57N3O7/c1-10-34-16-12-22(13-17-34)24-20-39-29(37)30(3,4)25(35)19-26(31(5,38-9)14-11-15-33(24)8)41-28-27(36)23(32(6)7)18-21(2)40-28/h21-24,26-28,36H,10-20H2,1-9H3/t21-,23+,24?,26-,27-,28+,31-/m1/s1. The molecule has 0 radical (unpaired) electrons. The lowest BCUT2D eigenvalue weighted by Gasteiger charge is -2.45. The zero-order valence-electron chi connectivity index (χ0n) is 27.1. The van der Waals surface area contributed by atoms with Crippen LogP contribution in [0.5, 0.6) is 0 Å². The summed E-state index contributed by atoms with van der Waals surface area (Å²) in [7, 11) is 7.59. The minimum absolute atomic E-state index is 0.0607. The Morgan fingerprint density at radius 2 is 1.78 bits per heavy atom. The lowest BCUT2D eigenvalue weighted by atomic mass is 9.81. The molecule has 0 bridgehead atoms. The summed E-state index contributed by atoms with van der Waals surface area (Å²) in [4.78, 5) is 33.9. The number of ether oxygens (including phenoxy) is 4. The molecular formula is C31H57N3O7. The SMILES string of the molecule is CCN1CCC(C2COC(=O)C(C)(C)C(=O)C[C@@H](O[C@@H]3O[C@H](C)C[C@H](N(C)C)[C@H]3O)[C@](C)(OC)CCCN2C)CC1. The molecular weight excluding hydrogens is 526 g/mol. The van der Waals surface area contributed by atoms with Crippen molar-refractivity contribution in [1.82, 2.24) is 14.7 Å². The van der Waals surface area contributed by atoms with E-state index >= 15 is 0 Å². The molecule has 10 heteroatoms. The summed E-state index contributed by atoms with van der Waals surface area (Å²) in [6.45, 7) is 13.6. The molecule has 0 spiro atoms. The fraction of sp³-hybridized carbons (Fsp3) is 0.935. The Morgan fingerprint density at radius 1 is 1.12 bits per heavy atom. The van der Waals surface area contributed by atoms with Crippen molar-refractivity contribution in [1.29, 1.82) is 0 Å². The molecule has 0 saturated carbocycles. The molecule has 3 aliphatic rings. The third-order valence-corrected chi connectivity index (χ3v) is 10.1. The maximum absolute atomic E-state index is 13.8. The van der Waals surface area contributed by atoms with Gasteiger partial charge in [-0.05, 0) is 113 Å². The van der Waals surface area contributed by atoms with E-state index in [9.17, 15) is 14.7 Å². The molecule has 0 aromatic rings. The van der Waals surface area contributed by atoms with Gasteiger partial charge < -0.3 is 33.9 Å². The second-order valence-corrected chi connectivity index (χ2v) is 13.5. The zero-order chi connectivity index (χ0) is 30.5. The quantitative estimate of drug-likeness (QED) is 0.371. The van der Waals surface area contributed by atoms with E-state index in [0.717, 1.165) is 45.4 Å². The van der Waals surface area contributed by atoms with E-state index in [4.69, 9.17) is 18.9 Å². The van der Waals surface area contributed by atoms with Gasteiger partial charge in [0.1, 0.15) is 18.1 Å². The molecule has 1 unspecified atom stereocenters. The molecule has 238 valence electrons. The normalized spacial score (nSPS) is 37.7. The molecule has 0 aliphatic carbocycles. The van der Waals surface area contributed by atoms with Crippen molar-refractivity contribution in [2.45, 2.75) is 115 Å². The number of likely N-dealkylation sites (tertiary alicyclic amines) is 1. The van der Waals surface area contributed by atoms with Crippen LogP contribution in [0, 0.1) is 11.3 Å². The van der Waals surface area contributed by atoms with Crippen LogP contribution in [0.2, 0.25) is 0 Å². The third kappa shape index (κ3) is 8.28. The van der Waals surface area contributed by atoms with Crippen LogP contribution >= 0.6 is 0 Å². The minimum Gasteiger partial charge on any atom is -0.463 e. The highest BCUT2D eigenvalue weighted by molar-refractivity contribution is 6.03. The minimum atomic E-state index is -1.36. The van der Waals surface area contributed by atoms with Gasteiger partial charge in [0, 0.05) is 25.6 Å². The summed E-state index contributed by atoms with van der Waals surface area (Å²) in [5.41, 5.74) is -2.20. The topological polar surface area (TPSA) is 101 Å². The van der Waals surface area contributed by atoms with Gasteiger partial charge in [0.15, 0.2) is 12.1 Å². The van der Waals surface area contributed by atoms with Crippen molar-refractivity contribution < 1.29 is 33.6 Å². The van der Waals surface area contributed by atoms with Crippen molar-refractivity contribution in [3.63, 3.8) is 0 Å². The largest absolute Gasteiger partial charge is 0.463 e. The van der Waals surface area contributed by atoms with Crippen molar-refractivity contribution >= 4 is 11.8 Å². The van der Waals surface area contributed by atoms with Gasteiger partial charge in [-0.3, -0.25) is 14.5 Å². The van der Waals surface area contributed by atoms with Gasteiger partial charge in [0.25, 0.3) is 0 Å². The van der Waals surface area contributed by atoms with E-state index in [0.29, 0.717) is 18.8 Å². The number of methoxy groups -OCH3 is 1. The lowest BCUT2D eigenvalue weighted by molar-refractivity contribution is -0.289. The first kappa shape index (κ1) is 34.4. The Bertz CT molecular complexity index is 863. The number of likely N-dealkylation sites (N-methyl/N-ethyl adjacent to an activating group) is 2. The van der Waals surface area contributed by atoms with Crippen LogP contribution in [0.4, 0.5) is 0 Å². The number of rotatable bonds is 6. The fourth-order valence-electron chi connectivity index (χ4n) is 6.62. The van der Waals surface area contributed by atoms with Crippen molar-refractivity contribution in [2.75, 3.05) is 61.0 Å². The van der Waals surface area contributed by atoms with Crippen LogP contribution in [0.3, 0.4) is 0 Å². The first-order valence-corrected chi connectivity index (χ1v) is 15.6. The summed E-state index contributed by atoms with van der Waals surface area (Å²) in [6, 6.07) is -0.0649. The maximum atomic E-state index is 13.8. The smallest absolute Gasteiger partial charge is 0.319 e. The number of nitrogens with zero attached hydrogens (tertiary/aromatic N) is 3. The van der Waals surface area contributed by atoms with E-state index in [-0.39, 0.29) is 37.0 Å². The summed E-state index contributed by atoms with van der Waals surface area (Å²) >= 11 is 0. The van der Waals surface area contributed by atoms with Gasteiger partial charge in [-0.25, -0.2) is 0 Å². The number of hydrogen-bond donors (Lipinski definition) is 1. The number of aliphatic hydroxyl groups is 1. The number of cyclic esters (lactones) is 1. The summed E-state index contributed by atoms with van der Waals surface area (Å²) in [6.07, 6.45) is 1.48. The highest BCUT2D eigenvalue weighted by Crippen LogP contribution is 2.35. The number of Topliss-reactive ketones (excluding diaryl/α,β-unsaturated/α-hetero) is 1.